The van der Waals surface area contributed by atoms with Gasteiger partial charge in [-0.1, -0.05) is 0 Å². The topological polar surface area (TPSA) is 30.7 Å². The molecule has 0 unspecified atom stereocenters. The Kier molecular flexibility index (Phi) is 0.323. The first-order chi connectivity index (χ1) is 5.36. The van der Waals surface area contributed by atoms with Crippen molar-refractivity contribution in [3.05, 3.63) is 12.7 Å². The maximum absolute atomic E-state index is 7.20. The van der Waals surface area contributed by atoms with Crippen LogP contribution in [-0.4, -0.2) is 14.8 Å². The summed E-state index contributed by atoms with van der Waals surface area (Å²) in [5, 5.41) is 3.42. The Labute approximate surface area is 49.0 Å². The quantitative estimate of drug-likeness (QED) is 0.510. The van der Waals surface area contributed by atoms with E-state index in [4.69, 9.17) is 6.85 Å². The first-order valence-electron chi connectivity index (χ1n) is 4.21. The van der Waals surface area contributed by atoms with E-state index >= 15 is 0 Å². The lowest BCUT2D eigenvalue weighted by Gasteiger charge is -1.85. The van der Waals surface area contributed by atoms with Gasteiger partial charge in [-0.05, 0) is 6.85 Å². The highest BCUT2D eigenvalue weighted by Gasteiger charge is 1.78. The van der Waals surface area contributed by atoms with Crippen molar-refractivity contribution in [3.63, 3.8) is 0 Å². The summed E-state index contributed by atoms with van der Waals surface area (Å²) in [6.45, 7) is -5.23. The van der Waals surface area contributed by atoms with Crippen LogP contribution in [0.25, 0.3) is 0 Å². The Morgan fingerprint density at radius 3 is 3.71 bits per heavy atom. The Morgan fingerprint density at radius 2 is 3.14 bits per heavy atom. The molecular formula is C4H7N3. The van der Waals surface area contributed by atoms with Gasteiger partial charge in [-0.2, -0.15) is 5.10 Å². The van der Waals surface area contributed by atoms with Gasteiger partial charge in [-0.15, -0.1) is 0 Å². The van der Waals surface area contributed by atoms with Gasteiger partial charge in [0.2, 0.25) is 0 Å². The van der Waals surface area contributed by atoms with Gasteiger partial charge >= 0.3 is 0 Å². The van der Waals surface area contributed by atoms with E-state index < -0.39 is 13.3 Å². The Bertz CT molecular complexity index is 250. The molecule has 1 aromatic heterocycles. The van der Waals surface area contributed by atoms with Gasteiger partial charge in [0.15, 0.2) is 0 Å². The van der Waals surface area contributed by atoms with Crippen molar-refractivity contribution in [2.45, 2.75) is 13.3 Å². The van der Waals surface area contributed by atoms with Crippen molar-refractivity contribution >= 4 is 0 Å². The molecule has 0 amide bonds. The van der Waals surface area contributed by atoms with E-state index in [0.717, 1.165) is 12.7 Å². The molecule has 0 bridgehead atoms. The maximum Gasteiger partial charge on any atom is 0.137 e. The van der Waals surface area contributed by atoms with Gasteiger partial charge in [0, 0.05) is 10.6 Å². The fraction of sp³-hybridized carbons (Fsp3) is 0.500. The summed E-state index contributed by atoms with van der Waals surface area (Å²) in [5.41, 5.74) is 0. The van der Waals surface area contributed by atoms with Crippen LogP contribution in [0.15, 0.2) is 12.7 Å². The van der Waals surface area contributed by atoms with Crippen molar-refractivity contribution in [1.82, 2.24) is 14.8 Å². The largest absolute Gasteiger partial charge is 0.253 e. The highest BCUT2D eigenvalue weighted by atomic mass is 15.3. The molecule has 0 fully saturated rings. The number of aryl methyl sites for hydroxylation is 1. The third-order valence-corrected chi connectivity index (χ3v) is 0.533. The normalized spacial score (nSPS) is 23.7. The molecule has 0 saturated carbocycles. The third-order valence-electron chi connectivity index (χ3n) is 0.533. The molecule has 1 aromatic rings. The fourth-order valence-electron chi connectivity index (χ4n) is 0.266. The first-order valence-corrected chi connectivity index (χ1v) is 1.71. The predicted octanol–water partition coefficient (Wildman–Crippen LogP) is 0.298. The van der Waals surface area contributed by atoms with E-state index in [0.29, 0.717) is 4.68 Å². The fourth-order valence-corrected chi connectivity index (χ4v) is 0.266. The van der Waals surface area contributed by atoms with E-state index in [1.54, 1.807) is 0 Å². The van der Waals surface area contributed by atoms with Gasteiger partial charge in [-0.3, -0.25) is 4.68 Å². The average molecular weight is 102 g/mol. The van der Waals surface area contributed by atoms with Crippen LogP contribution < -0.4 is 0 Å². The Morgan fingerprint density at radius 1 is 2.14 bits per heavy atom. The lowest BCUT2D eigenvalue weighted by atomic mass is 10.8. The van der Waals surface area contributed by atoms with Gasteiger partial charge < -0.3 is 0 Å². The monoisotopic (exact) mass is 102 g/mol. The molecule has 38 valence electrons. The lowest BCUT2D eigenvalue weighted by molar-refractivity contribution is 0.658. The second-order valence-corrected chi connectivity index (χ2v) is 0.952. The predicted molar refractivity (Wildman–Crippen MR) is 25.7 cm³/mol. The summed E-state index contributed by atoms with van der Waals surface area (Å²) in [5.74, 6) is 0. The van der Waals surface area contributed by atoms with Crippen LogP contribution in [0, 0.1) is 0 Å². The number of hydrogen-bond acceptors (Lipinski definition) is 2. The van der Waals surface area contributed by atoms with Crippen molar-refractivity contribution in [2.24, 2.45) is 0 Å². The summed E-state index contributed by atoms with van der Waals surface area (Å²) < 4.78 is 35.7. The summed E-state index contributed by atoms with van der Waals surface area (Å²) >= 11 is 0. The average Bonchev–Trinajstić information content (AvgIpc) is 2.34. The molecule has 0 aliphatic carbocycles. The molecule has 0 aliphatic rings. The van der Waals surface area contributed by atoms with Crippen LogP contribution in [0.4, 0.5) is 0 Å². The molecule has 3 nitrogen and oxygen atoms in total. The highest BCUT2D eigenvalue weighted by Crippen LogP contribution is 1.74. The Hall–Kier alpha value is -0.860. The minimum atomic E-state index is -2.74. The zero-order chi connectivity index (χ0) is 9.41. The van der Waals surface area contributed by atoms with E-state index in [9.17, 15) is 0 Å². The first kappa shape index (κ1) is 1.31. The minimum absolute atomic E-state index is 0.681. The molecule has 7 heavy (non-hydrogen) atoms. The molecule has 0 radical (unpaired) electrons. The maximum atomic E-state index is 7.20. The van der Waals surface area contributed by atoms with E-state index in [1.807, 2.05) is 0 Å². The zero-order valence-electron chi connectivity index (χ0n) is 8.50. The van der Waals surface area contributed by atoms with Crippen LogP contribution in [0.5, 0.6) is 0 Å². The summed E-state index contributed by atoms with van der Waals surface area (Å²) in [6, 6.07) is 0. The van der Waals surface area contributed by atoms with E-state index in [1.165, 1.54) is 0 Å². The van der Waals surface area contributed by atoms with Crippen molar-refractivity contribution in [3.8, 4) is 0 Å². The molecule has 1 heterocycles. The number of aromatic nitrogens is 3. The van der Waals surface area contributed by atoms with Gasteiger partial charge in [-0.25, -0.2) is 4.98 Å². The second-order valence-electron chi connectivity index (χ2n) is 0.952. The molecule has 0 N–H and O–H groups in total. The molecule has 0 saturated heterocycles. The van der Waals surface area contributed by atoms with E-state index in [2.05, 4.69) is 10.1 Å². The smallest absolute Gasteiger partial charge is 0.137 e. The molecule has 0 atom stereocenters. The highest BCUT2D eigenvalue weighted by molar-refractivity contribution is 4.52. The number of rotatable bonds is 1. The summed E-state index contributed by atoms with van der Waals surface area (Å²) in [6.07, 6.45) is 2.12. The van der Waals surface area contributed by atoms with Crippen LogP contribution in [0.2, 0.25) is 0 Å². The van der Waals surface area contributed by atoms with Crippen molar-refractivity contribution < 1.29 is 6.85 Å². The van der Waals surface area contributed by atoms with Gasteiger partial charge in [0.25, 0.3) is 0 Å². The molecule has 0 aliphatic heterocycles. The summed E-state index contributed by atoms with van der Waals surface area (Å²) in [4.78, 5) is 3.46. The van der Waals surface area contributed by atoms with Crippen LogP contribution in [0.3, 0.4) is 0 Å². The molecular weight excluding hydrogens is 90.1 g/mol. The standard InChI is InChI=1S/C4H7N3/c1-2-7-4-5-3-6-7/h3-4H,2H2,1H3/i1D3,2D2. The number of nitrogens with zero attached hydrogens (tertiary/aromatic N) is 3. The van der Waals surface area contributed by atoms with Crippen LogP contribution in [0.1, 0.15) is 13.7 Å². The Balaban J connectivity index is 3.02. The lowest BCUT2D eigenvalue weighted by Crippen LogP contribution is -1.91. The molecule has 3 heteroatoms. The zero-order valence-corrected chi connectivity index (χ0v) is 3.50. The minimum Gasteiger partial charge on any atom is -0.253 e. The van der Waals surface area contributed by atoms with Crippen LogP contribution in [-0.2, 0) is 6.50 Å². The molecule has 0 spiro atoms. The summed E-state index contributed by atoms with van der Waals surface area (Å²) in [7, 11) is 0. The second kappa shape index (κ2) is 1.73. The van der Waals surface area contributed by atoms with Crippen LogP contribution >= 0.6 is 0 Å². The van der Waals surface area contributed by atoms with Crippen molar-refractivity contribution in [2.75, 3.05) is 0 Å². The number of hydrogen-bond donors (Lipinski definition) is 0. The third kappa shape index (κ3) is 0.765. The van der Waals surface area contributed by atoms with Crippen molar-refractivity contribution in [1.29, 1.82) is 0 Å². The van der Waals surface area contributed by atoms with Gasteiger partial charge in [0.1, 0.15) is 12.7 Å². The SMILES string of the molecule is [2H]C([2H])([2H])C([2H])([2H])n1cncn1. The molecule has 1 rings (SSSR count). The van der Waals surface area contributed by atoms with E-state index in [-0.39, 0.29) is 0 Å². The molecule has 0 aromatic carbocycles. The van der Waals surface area contributed by atoms with Gasteiger partial charge in [0.05, 0.1) is 2.74 Å².